The van der Waals surface area contributed by atoms with E-state index in [0.717, 1.165) is 24.7 Å². The van der Waals surface area contributed by atoms with E-state index in [9.17, 15) is 9.90 Å². The molecule has 16 heavy (non-hydrogen) atoms. The number of aliphatic hydroxyl groups is 1. The third-order valence-electron chi connectivity index (χ3n) is 2.52. The first-order valence-corrected chi connectivity index (χ1v) is 5.64. The molecule has 0 aliphatic carbocycles. The predicted molar refractivity (Wildman–Crippen MR) is 65.9 cm³/mol. The SMILES string of the molecule is CCCC(C=O)C(O)/C=C/c1ccccc1. The molecule has 0 aliphatic heterocycles. The molecule has 0 fully saturated rings. The van der Waals surface area contributed by atoms with Gasteiger partial charge < -0.3 is 9.90 Å². The summed E-state index contributed by atoms with van der Waals surface area (Å²) in [7, 11) is 0. The molecule has 1 N–H and O–H groups in total. The zero-order valence-corrected chi connectivity index (χ0v) is 9.54. The van der Waals surface area contributed by atoms with Gasteiger partial charge in [0.1, 0.15) is 6.29 Å². The van der Waals surface area contributed by atoms with Gasteiger partial charge in [0.05, 0.1) is 6.10 Å². The summed E-state index contributed by atoms with van der Waals surface area (Å²) in [5.74, 6) is -0.287. The van der Waals surface area contributed by atoms with Gasteiger partial charge in [-0.05, 0) is 12.0 Å². The molecule has 2 nitrogen and oxygen atoms in total. The second-order valence-electron chi connectivity index (χ2n) is 3.85. The average Bonchev–Trinajstić information content (AvgIpc) is 2.34. The van der Waals surface area contributed by atoms with Crippen molar-refractivity contribution in [1.29, 1.82) is 0 Å². The maximum atomic E-state index is 10.8. The third-order valence-corrected chi connectivity index (χ3v) is 2.52. The molecule has 0 amide bonds. The van der Waals surface area contributed by atoms with Crippen LogP contribution < -0.4 is 0 Å². The van der Waals surface area contributed by atoms with E-state index >= 15 is 0 Å². The molecule has 2 atom stereocenters. The molecule has 0 radical (unpaired) electrons. The molecule has 2 heteroatoms. The first kappa shape index (κ1) is 12.7. The van der Waals surface area contributed by atoms with E-state index in [2.05, 4.69) is 0 Å². The third kappa shape index (κ3) is 3.99. The van der Waals surface area contributed by atoms with Crippen LogP contribution in [0.2, 0.25) is 0 Å². The van der Waals surface area contributed by atoms with E-state index in [-0.39, 0.29) is 5.92 Å². The Morgan fingerprint density at radius 2 is 2.00 bits per heavy atom. The molecular weight excluding hydrogens is 200 g/mol. The van der Waals surface area contributed by atoms with Crippen molar-refractivity contribution in [2.75, 3.05) is 0 Å². The van der Waals surface area contributed by atoms with Gasteiger partial charge in [-0.1, -0.05) is 55.8 Å². The first-order valence-electron chi connectivity index (χ1n) is 5.64. The monoisotopic (exact) mass is 218 g/mol. The quantitative estimate of drug-likeness (QED) is 0.745. The largest absolute Gasteiger partial charge is 0.388 e. The zero-order valence-electron chi connectivity index (χ0n) is 9.54. The summed E-state index contributed by atoms with van der Waals surface area (Å²) in [4.78, 5) is 10.8. The number of hydrogen-bond donors (Lipinski definition) is 1. The van der Waals surface area contributed by atoms with Crippen molar-refractivity contribution in [3.05, 3.63) is 42.0 Å². The Balaban J connectivity index is 2.59. The molecule has 1 aromatic carbocycles. The van der Waals surface area contributed by atoms with Crippen LogP contribution in [-0.2, 0) is 4.79 Å². The Morgan fingerprint density at radius 1 is 1.31 bits per heavy atom. The van der Waals surface area contributed by atoms with Gasteiger partial charge >= 0.3 is 0 Å². The molecular formula is C14H18O2. The topological polar surface area (TPSA) is 37.3 Å². The molecule has 0 aliphatic rings. The second-order valence-corrected chi connectivity index (χ2v) is 3.85. The van der Waals surface area contributed by atoms with Crippen LogP contribution in [0.15, 0.2) is 36.4 Å². The van der Waals surface area contributed by atoms with Gasteiger partial charge in [-0.25, -0.2) is 0 Å². The van der Waals surface area contributed by atoms with Crippen LogP contribution in [0.25, 0.3) is 6.08 Å². The van der Waals surface area contributed by atoms with E-state index in [1.165, 1.54) is 0 Å². The van der Waals surface area contributed by atoms with E-state index in [0.29, 0.717) is 0 Å². The molecule has 0 spiro atoms. The Kier molecular flexibility index (Phi) is 5.51. The molecule has 0 heterocycles. The summed E-state index contributed by atoms with van der Waals surface area (Å²) in [5.41, 5.74) is 1.03. The standard InChI is InChI=1S/C14H18O2/c1-2-6-13(11-15)14(16)10-9-12-7-4-3-5-8-12/h3-5,7-11,13-14,16H,2,6H2,1H3/b10-9+. The van der Waals surface area contributed by atoms with E-state index in [1.807, 2.05) is 43.3 Å². The van der Waals surface area contributed by atoms with Crippen molar-refractivity contribution in [3.8, 4) is 0 Å². The lowest BCUT2D eigenvalue weighted by molar-refractivity contribution is -0.113. The van der Waals surface area contributed by atoms with E-state index in [1.54, 1.807) is 6.08 Å². The maximum Gasteiger partial charge on any atom is 0.125 e. The van der Waals surface area contributed by atoms with Crippen LogP contribution in [-0.4, -0.2) is 17.5 Å². The molecule has 0 saturated heterocycles. The lowest BCUT2D eigenvalue weighted by atomic mass is 9.98. The predicted octanol–water partition coefficient (Wildman–Crippen LogP) is 2.68. The smallest absolute Gasteiger partial charge is 0.125 e. The Hall–Kier alpha value is -1.41. The number of aliphatic hydroxyl groups excluding tert-OH is 1. The normalized spacial score (nSPS) is 14.9. The molecule has 0 saturated carbocycles. The van der Waals surface area contributed by atoms with E-state index in [4.69, 9.17) is 0 Å². The molecule has 1 rings (SSSR count). The van der Waals surface area contributed by atoms with Crippen LogP contribution in [0.3, 0.4) is 0 Å². The summed E-state index contributed by atoms with van der Waals surface area (Å²) < 4.78 is 0. The second kappa shape index (κ2) is 6.96. The minimum absolute atomic E-state index is 0.287. The minimum atomic E-state index is -0.683. The van der Waals surface area contributed by atoms with Crippen molar-refractivity contribution in [2.24, 2.45) is 5.92 Å². The van der Waals surface area contributed by atoms with Gasteiger partial charge in [-0.15, -0.1) is 0 Å². The van der Waals surface area contributed by atoms with Crippen LogP contribution in [0.5, 0.6) is 0 Å². The van der Waals surface area contributed by atoms with Gasteiger partial charge in [-0.3, -0.25) is 0 Å². The highest BCUT2D eigenvalue weighted by Gasteiger charge is 2.14. The van der Waals surface area contributed by atoms with E-state index < -0.39 is 6.10 Å². The Bertz CT molecular complexity index is 330. The number of benzene rings is 1. The summed E-state index contributed by atoms with van der Waals surface area (Å²) in [6, 6.07) is 9.74. The van der Waals surface area contributed by atoms with Crippen molar-refractivity contribution in [1.82, 2.24) is 0 Å². The fourth-order valence-electron chi connectivity index (χ4n) is 1.57. The maximum absolute atomic E-state index is 10.8. The Labute approximate surface area is 96.6 Å². The lowest BCUT2D eigenvalue weighted by Gasteiger charge is -2.12. The van der Waals surface area contributed by atoms with Gasteiger partial charge in [0.2, 0.25) is 0 Å². The van der Waals surface area contributed by atoms with Crippen molar-refractivity contribution in [3.63, 3.8) is 0 Å². The molecule has 2 unspecified atom stereocenters. The number of aldehydes is 1. The highest BCUT2D eigenvalue weighted by Crippen LogP contribution is 2.11. The van der Waals surface area contributed by atoms with Crippen LogP contribution in [0.4, 0.5) is 0 Å². The van der Waals surface area contributed by atoms with Gasteiger partial charge in [0.25, 0.3) is 0 Å². The summed E-state index contributed by atoms with van der Waals surface area (Å²) >= 11 is 0. The number of carbonyl (C=O) groups is 1. The molecule has 1 aromatic rings. The van der Waals surface area contributed by atoms with Crippen molar-refractivity contribution >= 4 is 12.4 Å². The molecule has 0 aromatic heterocycles. The first-order chi connectivity index (χ1) is 7.77. The number of rotatable bonds is 6. The zero-order chi connectivity index (χ0) is 11.8. The average molecular weight is 218 g/mol. The van der Waals surface area contributed by atoms with Crippen molar-refractivity contribution in [2.45, 2.75) is 25.9 Å². The van der Waals surface area contributed by atoms with Crippen molar-refractivity contribution < 1.29 is 9.90 Å². The summed E-state index contributed by atoms with van der Waals surface area (Å²) in [6.07, 6.45) is 5.31. The lowest BCUT2D eigenvalue weighted by Crippen LogP contribution is -2.18. The number of carbonyl (C=O) groups excluding carboxylic acids is 1. The van der Waals surface area contributed by atoms with Gasteiger partial charge in [0, 0.05) is 5.92 Å². The molecule has 0 bridgehead atoms. The highest BCUT2D eigenvalue weighted by atomic mass is 16.3. The number of hydrogen-bond acceptors (Lipinski definition) is 2. The van der Waals surface area contributed by atoms with Gasteiger partial charge in [-0.2, -0.15) is 0 Å². The fraction of sp³-hybridized carbons (Fsp3) is 0.357. The Morgan fingerprint density at radius 3 is 2.56 bits per heavy atom. The minimum Gasteiger partial charge on any atom is -0.388 e. The van der Waals surface area contributed by atoms with Crippen LogP contribution in [0, 0.1) is 5.92 Å². The van der Waals surface area contributed by atoms with Gasteiger partial charge in [0.15, 0.2) is 0 Å². The molecule has 86 valence electrons. The summed E-state index contributed by atoms with van der Waals surface area (Å²) in [6.45, 7) is 2.00. The van der Waals surface area contributed by atoms with Crippen LogP contribution >= 0.6 is 0 Å². The van der Waals surface area contributed by atoms with Crippen LogP contribution in [0.1, 0.15) is 25.3 Å². The highest BCUT2D eigenvalue weighted by molar-refractivity contribution is 5.57. The summed E-state index contributed by atoms with van der Waals surface area (Å²) in [5, 5.41) is 9.78. The fourth-order valence-corrected chi connectivity index (χ4v) is 1.57.